The molecule has 0 amide bonds. The highest BCUT2D eigenvalue weighted by Gasteiger charge is 2.32. The third-order valence-electron chi connectivity index (χ3n) is 12.6. The van der Waals surface area contributed by atoms with Crippen molar-refractivity contribution >= 4 is 10.8 Å². The summed E-state index contributed by atoms with van der Waals surface area (Å²) in [5, 5.41) is 2.56. The minimum Gasteiger partial charge on any atom is -0.0622 e. The number of hydrogen-bond acceptors (Lipinski definition) is 0. The molecule has 9 aromatic rings. The topological polar surface area (TPSA) is 0 Å². The molecule has 0 bridgehead atoms. The van der Waals surface area contributed by atoms with E-state index in [9.17, 15) is 0 Å². The number of rotatable bonds is 4. The molecule has 0 spiro atoms. The van der Waals surface area contributed by atoms with Gasteiger partial charge in [0.25, 0.3) is 0 Å². The van der Waals surface area contributed by atoms with Crippen LogP contribution in [0.5, 0.6) is 0 Å². The summed E-state index contributed by atoms with van der Waals surface area (Å²) >= 11 is 0. The smallest absolute Gasteiger partial charge is 0.0352 e. The minimum absolute atomic E-state index is 0.172. The van der Waals surface area contributed by atoms with Gasteiger partial charge in [0.1, 0.15) is 0 Å². The Morgan fingerprint density at radius 1 is 0.273 bits per heavy atom. The zero-order valence-electron chi connectivity index (χ0n) is 30.3. The van der Waals surface area contributed by atoms with Crippen LogP contribution in [-0.4, -0.2) is 0 Å². The molecule has 0 heteroatoms. The normalized spacial score (nSPS) is 15.6. The molecule has 0 nitrogen and oxygen atoms in total. The SMILES string of the molecule is c1ccc(C2c3ccccc3-c3cc(-c4ccc5c(c4)C(c4ccc6cc(-c7ccc8c(c7)Cc7ccccc7-8)ccc6c4)c4ccccc4-5)ccc32)cc1. The zero-order valence-corrected chi connectivity index (χ0v) is 30.3. The fourth-order valence-electron chi connectivity index (χ4n) is 10.1. The summed E-state index contributed by atoms with van der Waals surface area (Å²) in [6, 6.07) is 73.2. The van der Waals surface area contributed by atoms with E-state index in [2.05, 4.69) is 194 Å². The summed E-state index contributed by atoms with van der Waals surface area (Å²) in [6.45, 7) is 0. The summed E-state index contributed by atoms with van der Waals surface area (Å²) < 4.78 is 0. The lowest BCUT2D eigenvalue weighted by Crippen LogP contribution is -2.00. The van der Waals surface area contributed by atoms with E-state index in [1.165, 1.54) is 111 Å². The predicted octanol–water partition coefficient (Wildman–Crippen LogP) is 14.1. The monoisotopic (exact) mass is 696 g/mol. The first-order valence-electron chi connectivity index (χ1n) is 19.5. The molecule has 3 aliphatic rings. The summed E-state index contributed by atoms with van der Waals surface area (Å²) in [7, 11) is 0. The van der Waals surface area contributed by atoms with E-state index in [1.807, 2.05) is 0 Å². The Morgan fingerprint density at radius 2 is 0.800 bits per heavy atom. The molecule has 0 heterocycles. The molecule has 0 radical (unpaired) electrons. The number of hydrogen-bond donors (Lipinski definition) is 0. The Morgan fingerprint density at radius 3 is 1.64 bits per heavy atom. The van der Waals surface area contributed by atoms with Crippen molar-refractivity contribution < 1.29 is 0 Å². The van der Waals surface area contributed by atoms with Crippen LogP contribution in [0, 0.1) is 0 Å². The summed E-state index contributed by atoms with van der Waals surface area (Å²) in [6.07, 6.45) is 1.01. The van der Waals surface area contributed by atoms with E-state index in [0.717, 1.165) is 6.42 Å². The van der Waals surface area contributed by atoms with Crippen molar-refractivity contribution in [1.29, 1.82) is 0 Å². The van der Waals surface area contributed by atoms with Crippen LogP contribution < -0.4 is 0 Å². The molecule has 256 valence electrons. The molecule has 12 rings (SSSR count). The molecule has 0 aromatic heterocycles. The second kappa shape index (κ2) is 11.9. The van der Waals surface area contributed by atoms with Crippen LogP contribution in [-0.2, 0) is 6.42 Å². The molecule has 9 aromatic carbocycles. The van der Waals surface area contributed by atoms with Crippen molar-refractivity contribution in [2.75, 3.05) is 0 Å². The summed E-state index contributed by atoms with van der Waals surface area (Å²) in [4.78, 5) is 0. The van der Waals surface area contributed by atoms with Gasteiger partial charge in [-0.1, -0.05) is 176 Å². The molecule has 0 N–H and O–H groups in total. The third kappa shape index (κ3) is 4.71. The highest BCUT2D eigenvalue weighted by molar-refractivity contribution is 5.91. The number of benzene rings is 9. The van der Waals surface area contributed by atoms with Gasteiger partial charge in [0, 0.05) is 11.8 Å². The maximum absolute atomic E-state index is 2.47. The second-order valence-corrected chi connectivity index (χ2v) is 15.6. The van der Waals surface area contributed by atoms with Crippen LogP contribution in [0.15, 0.2) is 194 Å². The van der Waals surface area contributed by atoms with E-state index < -0.39 is 0 Å². The Kier molecular flexibility index (Phi) is 6.62. The molecule has 0 fully saturated rings. The lowest BCUT2D eigenvalue weighted by molar-refractivity contribution is 1.01. The third-order valence-corrected chi connectivity index (χ3v) is 12.6. The summed E-state index contributed by atoms with van der Waals surface area (Å²) in [5.41, 5.74) is 24.3. The first-order valence-corrected chi connectivity index (χ1v) is 19.5. The van der Waals surface area contributed by atoms with Crippen molar-refractivity contribution in [3.8, 4) is 55.6 Å². The molecule has 0 aliphatic heterocycles. The van der Waals surface area contributed by atoms with Crippen molar-refractivity contribution in [3.05, 3.63) is 239 Å². The van der Waals surface area contributed by atoms with Gasteiger partial charge in [-0.25, -0.2) is 0 Å². The average Bonchev–Trinajstić information content (AvgIpc) is 3.90. The molecule has 2 unspecified atom stereocenters. The molecular weight excluding hydrogens is 661 g/mol. The van der Waals surface area contributed by atoms with Gasteiger partial charge in [0.2, 0.25) is 0 Å². The van der Waals surface area contributed by atoms with E-state index >= 15 is 0 Å². The Bertz CT molecular complexity index is 3020. The predicted molar refractivity (Wildman–Crippen MR) is 229 cm³/mol. The average molecular weight is 697 g/mol. The van der Waals surface area contributed by atoms with Gasteiger partial charge in [-0.05, 0) is 136 Å². The van der Waals surface area contributed by atoms with Crippen molar-refractivity contribution in [2.45, 2.75) is 18.3 Å². The zero-order chi connectivity index (χ0) is 36.0. The van der Waals surface area contributed by atoms with Crippen LogP contribution >= 0.6 is 0 Å². The standard InChI is InChI=1S/C55H36/c1-2-10-34(11-3-1)54-50-17-9-7-15-47(50)52-32-39(24-27-51(52)54)40-23-26-48-46-14-6-8-16-49(46)55(53(48)33-40)42-21-20-36-28-35(18-19-37(36)29-42)38-22-25-45-43(30-38)31-41-12-4-5-13-44(41)45/h1-30,32-33,54-55H,31H2. The van der Waals surface area contributed by atoms with Crippen LogP contribution in [0.3, 0.4) is 0 Å². The minimum atomic E-state index is 0.172. The van der Waals surface area contributed by atoms with Gasteiger partial charge in [-0.2, -0.15) is 0 Å². The van der Waals surface area contributed by atoms with Crippen LogP contribution in [0.25, 0.3) is 66.4 Å². The van der Waals surface area contributed by atoms with Gasteiger partial charge in [0.05, 0.1) is 0 Å². The number of fused-ring (bicyclic) bond motifs is 10. The molecule has 2 atom stereocenters. The maximum Gasteiger partial charge on any atom is 0.0352 e. The van der Waals surface area contributed by atoms with Crippen molar-refractivity contribution in [3.63, 3.8) is 0 Å². The molecular formula is C55H36. The van der Waals surface area contributed by atoms with Gasteiger partial charge >= 0.3 is 0 Å². The van der Waals surface area contributed by atoms with Crippen LogP contribution in [0.4, 0.5) is 0 Å². The molecule has 55 heavy (non-hydrogen) atoms. The fourth-order valence-corrected chi connectivity index (χ4v) is 10.1. The quantitative estimate of drug-likeness (QED) is 0.172. The first kappa shape index (κ1) is 30.7. The molecule has 3 aliphatic carbocycles. The fraction of sp³-hybridized carbons (Fsp3) is 0.0545. The molecule has 0 saturated heterocycles. The van der Waals surface area contributed by atoms with Gasteiger partial charge in [-0.3, -0.25) is 0 Å². The van der Waals surface area contributed by atoms with E-state index in [1.54, 1.807) is 0 Å². The van der Waals surface area contributed by atoms with Crippen LogP contribution in [0.1, 0.15) is 56.3 Å². The Labute approximate surface area is 322 Å². The van der Waals surface area contributed by atoms with Crippen molar-refractivity contribution in [1.82, 2.24) is 0 Å². The van der Waals surface area contributed by atoms with Crippen molar-refractivity contribution in [2.24, 2.45) is 0 Å². The first-order chi connectivity index (χ1) is 27.2. The van der Waals surface area contributed by atoms with E-state index in [-0.39, 0.29) is 11.8 Å². The highest BCUT2D eigenvalue weighted by Crippen LogP contribution is 2.52. The molecule has 0 saturated carbocycles. The highest BCUT2D eigenvalue weighted by atomic mass is 14.3. The van der Waals surface area contributed by atoms with Gasteiger partial charge in [-0.15, -0.1) is 0 Å². The summed E-state index contributed by atoms with van der Waals surface area (Å²) in [5.74, 6) is 0.432. The Hall–Kier alpha value is -6.76. The van der Waals surface area contributed by atoms with Gasteiger partial charge in [0.15, 0.2) is 0 Å². The van der Waals surface area contributed by atoms with E-state index in [4.69, 9.17) is 0 Å². The largest absolute Gasteiger partial charge is 0.0622 e. The lowest BCUT2D eigenvalue weighted by atomic mass is 9.86. The lowest BCUT2D eigenvalue weighted by Gasteiger charge is -2.17. The van der Waals surface area contributed by atoms with Crippen LogP contribution in [0.2, 0.25) is 0 Å². The van der Waals surface area contributed by atoms with E-state index in [0.29, 0.717) is 0 Å². The van der Waals surface area contributed by atoms with Gasteiger partial charge < -0.3 is 0 Å². The maximum atomic E-state index is 2.47. The Balaban J connectivity index is 0.917. The second-order valence-electron chi connectivity index (χ2n) is 15.6.